The van der Waals surface area contributed by atoms with Crippen molar-refractivity contribution in [2.75, 3.05) is 19.5 Å². The van der Waals surface area contributed by atoms with Gasteiger partial charge in [0.25, 0.3) is 5.91 Å². The fourth-order valence-electron chi connectivity index (χ4n) is 1.76. The Labute approximate surface area is 120 Å². The normalized spacial score (nSPS) is 10.1. The van der Waals surface area contributed by atoms with Gasteiger partial charge in [0.1, 0.15) is 23.1 Å². The highest BCUT2D eigenvalue weighted by atomic mass is 19.1. The van der Waals surface area contributed by atoms with Gasteiger partial charge < -0.3 is 14.8 Å². The highest BCUT2D eigenvalue weighted by Crippen LogP contribution is 2.29. The second-order valence-corrected chi connectivity index (χ2v) is 4.14. The van der Waals surface area contributed by atoms with Crippen LogP contribution in [0.2, 0.25) is 0 Å². The molecule has 2 aromatic carbocycles. The molecule has 0 saturated carbocycles. The first-order valence-electron chi connectivity index (χ1n) is 6.03. The van der Waals surface area contributed by atoms with Gasteiger partial charge >= 0.3 is 0 Å². The number of methoxy groups -OCH3 is 2. The standard InChI is InChI=1S/C15H13F2NO3/c1-20-10-4-6-13(14(8-10)21-2)18-15(19)11-7-9(16)3-5-12(11)17/h3-8H,1-2H3,(H,18,19). The average Bonchev–Trinajstić information content (AvgIpc) is 2.49. The summed E-state index contributed by atoms with van der Waals surface area (Å²) in [6.07, 6.45) is 0. The molecule has 0 bridgehead atoms. The molecule has 2 rings (SSSR count). The lowest BCUT2D eigenvalue weighted by Crippen LogP contribution is -2.14. The fourth-order valence-corrected chi connectivity index (χ4v) is 1.76. The molecular formula is C15H13F2NO3. The smallest absolute Gasteiger partial charge is 0.258 e. The van der Waals surface area contributed by atoms with Gasteiger partial charge in [0.2, 0.25) is 0 Å². The molecule has 0 aromatic heterocycles. The Kier molecular flexibility index (Phi) is 4.37. The molecule has 21 heavy (non-hydrogen) atoms. The fraction of sp³-hybridized carbons (Fsp3) is 0.133. The van der Waals surface area contributed by atoms with E-state index in [1.807, 2.05) is 0 Å². The molecule has 0 radical (unpaired) electrons. The molecule has 0 fully saturated rings. The molecule has 2 aromatic rings. The summed E-state index contributed by atoms with van der Waals surface area (Å²) in [5.41, 5.74) is -0.0557. The lowest BCUT2D eigenvalue weighted by atomic mass is 10.2. The number of benzene rings is 2. The summed E-state index contributed by atoms with van der Waals surface area (Å²) in [5.74, 6) is -1.37. The first-order chi connectivity index (χ1) is 10.0. The minimum Gasteiger partial charge on any atom is -0.497 e. The predicted molar refractivity (Wildman–Crippen MR) is 73.9 cm³/mol. The Morgan fingerprint density at radius 2 is 1.81 bits per heavy atom. The first kappa shape index (κ1) is 14.8. The SMILES string of the molecule is COc1ccc(NC(=O)c2cc(F)ccc2F)c(OC)c1. The molecule has 0 atom stereocenters. The van der Waals surface area contributed by atoms with E-state index in [4.69, 9.17) is 9.47 Å². The van der Waals surface area contributed by atoms with Gasteiger partial charge in [0.15, 0.2) is 0 Å². The van der Waals surface area contributed by atoms with E-state index < -0.39 is 17.5 Å². The van der Waals surface area contributed by atoms with E-state index in [0.717, 1.165) is 18.2 Å². The molecule has 0 saturated heterocycles. The molecule has 0 aliphatic carbocycles. The largest absolute Gasteiger partial charge is 0.497 e. The number of nitrogens with one attached hydrogen (secondary N) is 1. The van der Waals surface area contributed by atoms with Gasteiger partial charge in [-0.15, -0.1) is 0 Å². The Hall–Kier alpha value is -2.63. The monoisotopic (exact) mass is 293 g/mol. The number of hydrogen-bond donors (Lipinski definition) is 1. The third kappa shape index (κ3) is 3.28. The molecule has 0 spiro atoms. The van der Waals surface area contributed by atoms with Crippen molar-refractivity contribution in [3.8, 4) is 11.5 Å². The predicted octanol–water partition coefficient (Wildman–Crippen LogP) is 3.23. The van der Waals surface area contributed by atoms with Crippen LogP contribution in [0, 0.1) is 11.6 Å². The number of amides is 1. The molecule has 0 aliphatic rings. The topological polar surface area (TPSA) is 47.6 Å². The highest BCUT2D eigenvalue weighted by Gasteiger charge is 2.15. The number of rotatable bonds is 4. The first-order valence-corrected chi connectivity index (χ1v) is 6.03. The van der Waals surface area contributed by atoms with Crippen LogP contribution in [0.25, 0.3) is 0 Å². The summed E-state index contributed by atoms with van der Waals surface area (Å²) in [7, 11) is 2.92. The third-order valence-corrected chi connectivity index (χ3v) is 2.83. The van der Waals surface area contributed by atoms with Crippen LogP contribution in [0.4, 0.5) is 14.5 Å². The second-order valence-electron chi connectivity index (χ2n) is 4.14. The Morgan fingerprint density at radius 1 is 1.05 bits per heavy atom. The van der Waals surface area contributed by atoms with Crippen molar-refractivity contribution in [2.45, 2.75) is 0 Å². The Bertz CT molecular complexity index is 674. The summed E-state index contributed by atoms with van der Waals surface area (Å²) in [6, 6.07) is 7.40. The number of carbonyl (C=O) groups excluding carboxylic acids is 1. The van der Waals surface area contributed by atoms with E-state index in [2.05, 4.69) is 5.32 Å². The minimum absolute atomic E-state index is 0.326. The van der Waals surface area contributed by atoms with Gasteiger partial charge in [-0.3, -0.25) is 4.79 Å². The number of ether oxygens (including phenoxy) is 2. The third-order valence-electron chi connectivity index (χ3n) is 2.83. The molecular weight excluding hydrogens is 280 g/mol. The summed E-state index contributed by atoms with van der Waals surface area (Å²) in [6.45, 7) is 0. The zero-order chi connectivity index (χ0) is 15.4. The molecule has 6 heteroatoms. The molecule has 0 aliphatic heterocycles. The Balaban J connectivity index is 2.29. The van der Waals surface area contributed by atoms with E-state index in [1.54, 1.807) is 18.2 Å². The molecule has 1 amide bonds. The number of anilines is 1. The summed E-state index contributed by atoms with van der Waals surface area (Å²) < 4.78 is 36.8. The van der Waals surface area contributed by atoms with Crippen molar-refractivity contribution in [1.29, 1.82) is 0 Å². The average molecular weight is 293 g/mol. The van der Waals surface area contributed by atoms with Crippen LogP contribution < -0.4 is 14.8 Å². The highest BCUT2D eigenvalue weighted by molar-refractivity contribution is 6.05. The maximum Gasteiger partial charge on any atom is 0.258 e. The van der Waals surface area contributed by atoms with Gasteiger partial charge in [-0.2, -0.15) is 0 Å². The van der Waals surface area contributed by atoms with Crippen LogP contribution in [0.15, 0.2) is 36.4 Å². The van der Waals surface area contributed by atoms with Gasteiger partial charge in [-0.1, -0.05) is 0 Å². The van der Waals surface area contributed by atoms with Crippen molar-refractivity contribution < 1.29 is 23.0 Å². The van der Waals surface area contributed by atoms with Crippen LogP contribution in [0.1, 0.15) is 10.4 Å². The summed E-state index contributed by atoms with van der Waals surface area (Å²) in [5, 5.41) is 2.47. The van der Waals surface area contributed by atoms with E-state index in [0.29, 0.717) is 17.2 Å². The minimum atomic E-state index is -0.804. The van der Waals surface area contributed by atoms with Crippen molar-refractivity contribution >= 4 is 11.6 Å². The van der Waals surface area contributed by atoms with Crippen LogP contribution in [0.5, 0.6) is 11.5 Å². The van der Waals surface area contributed by atoms with Gasteiger partial charge in [-0.25, -0.2) is 8.78 Å². The lowest BCUT2D eigenvalue weighted by molar-refractivity contribution is 0.102. The van der Waals surface area contributed by atoms with Crippen LogP contribution in [-0.4, -0.2) is 20.1 Å². The number of carbonyl (C=O) groups is 1. The molecule has 110 valence electrons. The van der Waals surface area contributed by atoms with Gasteiger partial charge in [-0.05, 0) is 30.3 Å². The van der Waals surface area contributed by atoms with Crippen molar-refractivity contribution in [3.05, 3.63) is 53.6 Å². The zero-order valence-corrected chi connectivity index (χ0v) is 11.4. The maximum absolute atomic E-state index is 13.5. The van der Waals surface area contributed by atoms with Crippen LogP contribution >= 0.6 is 0 Å². The van der Waals surface area contributed by atoms with Crippen LogP contribution in [0.3, 0.4) is 0 Å². The van der Waals surface area contributed by atoms with Crippen molar-refractivity contribution in [2.24, 2.45) is 0 Å². The lowest BCUT2D eigenvalue weighted by Gasteiger charge is -2.12. The van der Waals surface area contributed by atoms with E-state index in [9.17, 15) is 13.6 Å². The summed E-state index contributed by atoms with van der Waals surface area (Å²) >= 11 is 0. The summed E-state index contributed by atoms with van der Waals surface area (Å²) in [4.78, 5) is 12.0. The van der Waals surface area contributed by atoms with E-state index in [-0.39, 0.29) is 5.56 Å². The van der Waals surface area contributed by atoms with Crippen molar-refractivity contribution in [3.63, 3.8) is 0 Å². The van der Waals surface area contributed by atoms with Crippen molar-refractivity contribution in [1.82, 2.24) is 0 Å². The molecule has 0 unspecified atom stereocenters. The van der Waals surface area contributed by atoms with Crippen LogP contribution in [-0.2, 0) is 0 Å². The molecule has 1 N–H and O–H groups in total. The quantitative estimate of drug-likeness (QED) is 0.941. The van der Waals surface area contributed by atoms with Gasteiger partial charge in [0, 0.05) is 6.07 Å². The zero-order valence-electron chi connectivity index (χ0n) is 11.4. The molecule has 4 nitrogen and oxygen atoms in total. The number of hydrogen-bond acceptors (Lipinski definition) is 3. The second kappa shape index (κ2) is 6.21. The van der Waals surface area contributed by atoms with E-state index >= 15 is 0 Å². The molecule has 0 heterocycles. The Morgan fingerprint density at radius 3 is 2.48 bits per heavy atom. The maximum atomic E-state index is 13.5. The van der Waals surface area contributed by atoms with E-state index in [1.165, 1.54) is 14.2 Å². The number of halogens is 2. The van der Waals surface area contributed by atoms with Gasteiger partial charge in [0.05, 0.1) is 25.5 Å².